The molecule has 0 radical (unpaired) electrons. The summed E-state index contributed by atoms with van der Waals surface area (Å²) in [5, 5.41) is 3.35. The molecule has 0 bridgehead atoms. The maximum Gasteiger partial charge on any atom is 0.118 e. The molecule has 2 aliphatic heterocycles. The number of likely N-dealkylation sites (tertiary alicyclic amines) is 1. The first-order chi connectivity index (χ1) is 8.39. The molecule has 2 rings (SSSR count). The minimum absolute atomic E-state index is 0.0714. The van der Waals surface area contributed by atoms with Crippen molar-refractivity contribution in [1.82, 2.24) is 15.1 Å². The Kier molecular flexibility index (Phi) is 4.29. The van der Waals surface area contributed by atoms with Crippen LogP contribution in [0.25, 0.3) is 0 Å². The molecule has 3 atom stereocenters. The van der Waals surface area contributed by atoms with Crippen LogP contribution in [0.5, 0.6) is 0 Å². The highest BCUT2D eigenvalue weighted by atomic mass is 19.1. The minimum atomic E-state index is -0.672. The molecule has 0 aromatic rings. The maximum absolute atomic E-state index is 14.3. The number of nitrogens with one attached hydrogen (secondary N) is 1. The highest BCUT2D eigenvalue weighted by Gasteiger charge is 2.44. The van der Waals surface area contributed by atoms with Gasteiger partial charge >= 0.3 is 0 Å². The molecule has 4 heteroatoms. The lowest BCUT2D eigenvalue weighted by Gasteiger charge is -2.37. The minimum Gasteiger partial charge on any atom is -0.314 e. The van der Waals surface area contributed by atoms with Crippen molar-refractivity contribution in [3.63, 3.8) is 0 Å². The number of halogens is 1. The molecule has 0 spiro atoms. The van der Waals surface area contributed by atoms with Gasteiger partial charge in [0.25, 0.3) is 0 Å². The van der Waals surface area contributed by atoms with Gasteiger partial charge in [0, 0.05) is 56.8 Å². The molecule has 2 saturated heterocycles. The van der Waals surface area contributed by atoms with Gasteiger partial charge in [-0.3, -0.25) is 4.90 Å². The Morgan fingerprint density at radius 3 is 2.33 bits per heavy atom. The first-order valence-electron chi connectivity index (χ1n) is 7.23. The average molecular weight is 257 g/mol. The van der Waals surface area contributed by atoms with Crippen LogP contribution in [0.1, 0.15) is 27.7 Å². The van der Waals surface area contributed by atoms with Gasteiger partial charge in [0.05, 0.1) is 0 Å². The number of alkyl halides is 1. The molecule has 0 aromatic carbocycles. The normalized spacial score (nSPS) is 36.2. The van der Waals surface area contributed by atoms with Gasteiger partial charge in [-0.25, -0.2) is 4.39 Å². The smallest absolute Gasteiger partial charge is 0.118 e. The fourth-order valence-electron chi connectivity index (χ4n) is 3.37. The third-order valence-corrected chi connectivity index (χ3v) is 4.49. The van der Waals surface area contributed by atoms with Crippen LogP contribution in [-0.4, -0.2) is 66.8 Å². The number of rotatable bonds is 2. The fraction of sp³-hybridized carbons (Fsp3) is 1.00. The molecule has 3 nitrogen and oxygen atoms in total. The SMILES string of the molecule is C[C@@H]1C(CN2CCNCC2)[C@@H](F)CN1C(C)(C)C. The van der Waals surface area contributed by atoms with Crippen LogP contribution in [0.2, 0.25) is 0 Å². The first kappa shape index (κ1) is 14.2. The molecule has 0 aliphatic carbocycles. The van der Waals surface area contributed by atoms with E-state index in [2.05, 4.69) is 42.8 Å². The predicted molar refractivity (Wildman–Crippen MR) is 73.6 cm³/mol. The van der Waals surface area contributed by atoms with E-state index in [-0.39, 0.29) is 11.5 Å². The molecule has 0 amide bonds. The summed E-state index contributed by atoms with van der Waals surface area (Å²) in [6.07, 6.45) is -0.672. The molecule has 18 heavy (non-hydrogen) atoms. The summed E-state index contributed by atoms with van der Waals surface area (Å²) in [7, 11) is 0. The highest BCUT2D eigenvalue weighted by molar-refractivity contribution is 4.97. The first-order valence-corrected chi connectivity index (χ1v) is 7.23. The van der Waals surface area contributed by atoms with Gasteiger partial charge in [0.15, 0.2) is 0 Å². The second-order valence-electron chi connectivity index (χ2n) is 6.79. The van der Waals surface area contributed by atoms with Gasteiger partial charge in [0.2, 0.25) is 0 Å². The van der Waals surface area contributed by atoms with Gasteiger partial charge in [0.1, 0.15) is 6.17 Å². The van der Waals surface area contributed by atoms with E-state index in [1.54, 1.807) is 0 Å². The van der Waals surface area contributed by atoms with Crippen molar-refractivity contribution in [3.8, 4) is 0 Å². The van der Waals surface area contributed by atoms with Crippen molar-refractivity contribution in [2.75, 3.05) is 39.3 Å². The lowest BCUT2D eigenvalue weighted by atomic mass is 9.97. The zero-order valence-corrected chi connectivity index (χ0v) is 12.2. The Hall–Kier alpha value is -0.190. The molecule has 2 fully saturated rings. The van der Waals surface area contributed by atoms with Crippen LogP contribution in [0.4, 0.5) is 4.39 Å². The summed E-state index contributed by atoms with van der Waals surface area (Å²) in [5.74, 6) is 0.169. The number of hydrogen-bond donors (Lipinski definition) is 1. The summed E-state index contributed by atoms with van der Waals surface area (Å²) in [6, 6.07) is 0.342. The summed E-state index contributed by atoms with van der Waals surface area (Å²) >= 11 is 0. The molecular formula is C14H28FN3. The fourth-order valence-corrected chi connectivity index (χ4v) is 3.37. The zero-order chi connectivity index (χ0) is 13.3. The standard InChI is InChI=1S/C14H28FN3/c1-11-12(9-17-7-5-16-6-8-17)13(15)10-18(11)14(2,3)4/h11-13,16H,5-10H2,1-4H3/t11-,12?,13+/m1/s1. The monoisotopic (exact) mass is 257 g/mol. The van der Waals surface area contributed by atoms with Crippen molar-refractivity contribution in [2.24, 2.45) is 5.92 Å². The Bertz CT molecular complexity index is 271. The van der Waals surface area contributed by atoms with E-state index in [1.165, 1.54) is 0 Å². The Morgan fingerprint density at radius 1 is 1.22 bits per heavy atom. The van der Waals surface area contributed by atoms with Crippen LogP contribution >= 0.6 is 0 Å². The Morgan fingerprint density at radius 2 is 1.83 bits per heavy atom. The van der Waals surface area contributed by atoms with Crippen LogP contribution in [-0.2, 0) is 0 Å². The topological polar surface area (TPSA) is 18.5 Å². The van der Waals surface area contributed by atoms with E-state index in [9.17, 15) is 4.39 Å². The second kappa shape index (κ2) is 5.43. The Labute approximate surface area is 111 Å². The highest BCUT2D eigenvalue weighted by Crippen LogP contribution is 2.33. The van der Waals surface area contributed by atoms with Crippen LogP contribution in [0.15, 0.2) is 0 Å². The number of nitrogens with zero attached hydrogens (tertiary/aromatic N) is 2. The maximum atomic E-state index is 14.3. The average Bonchev–Trinajstić information content (AvgIpc) is 2.58. The van der Waals surface area contributed by atoms with Crippen LogP contribution < -0.4 is 5.32 Å². The molecule has 1 N–H and O–H groups in total. The molecular weight excluding hydrogens is 229 g/mol. The van der Waals surface area contributed by atoms with Crippen LogP contribution in [0.3, 0.4) is 0 Å². The molecule has 2 aliphatic rings. The summed E-state index contributed by atoms with van der Waals surface area (Å²) in [5.41, 5.74) is 0.0714. The van der Waals surface area contributed by atoms with Gasteiger partial charge in [-0.15, -0.1) is 0 Å². The largest absolute Gasteiger partial charge is 0.314 e. The van der Waals surface area contributed by atoms with Gasteiger partial charge < -0.3 is 10.2 Å². The van der Waals surface area contributed by atoms with Gasteiger partial charge in [-0.05, 0) is 27.7 Å². The molecule has 0 aromatic heterocycles. The predicted octanol–water partition coefficient (Wildman–Crippen LogP) is 1.35. The van der Waals surface area contributed by atoms with E-state index in [0.717, 1.165) is 32.7 Å². The van der Waals surface area contributed by atoms with E-state index in [0.29, 0.717) is 12.6 Å². The van der Waals surface area contributed by atoms with Gasteiger partial charge in [-0.2, -0.15) is 0 Å². The summed E-state index contributed by atoms with van der Waals surface area (Å²) in [6.45, 7) is 14.5. The van der Waals surface area contributed by atoms with Crippen molar-refractivity contribution in [2.45, 2.75) is 45.4 Å². The van der Waals surface area contributed by atoms with Crippen molar-refractivity contribution >= 4 is 0 Å². The molecule has 0 saturated carbocycles. The molecule has 106 valence electrons. The number of hydrogen-bond acceptors (Lipinski definition) is 3. The summed E-state index contributed by atoms with van der Waals surface area (Å²) in [4.78, 5) is 4.74. The van der Waals surface area contributed by atoms with Gasteiger partial charge in [-0.1, -0.05) is 0 Å². The lowest BCUT2D eigenvalue weighted by Crippen LogP contribution is -2.49. The molecule has 1 unspecified atom stereocenters. The van der Waals surface area contributed by atoms with Crippen molar-refractivity contribution in [3.05, 3.63) is 0 Å². The Balaban J connectivity index is 1.96. The third-order valence-electron chi connectivity index (χ3n) is 4.49. The van der Waals surface area contributed by atoms with E-state index < -0.39 is 6.17 Å². The zero-order valence-electron chi connectivity index (χ0n) is 12.2. The van der Waals surface area contributed by atoms with E-state index in [4.69, 9.17) is 0 Å². The third kappa shape index (κ3) is 3.03. The summed E-state index contributed by atoms with van der Waals surface area (Å²) < 4.78 is 14.3. The van der Waals surface area contributed by atoms with E-state index in [1.807, 2.05) is 0 Å². The van der Waals surface area contributed by atoms with E-state index >= 15 is 0 Å². The molecule has 2 heterocycles. The lowest BCUT2D eigenvalue weighted by molar-refractivity contribution is 0.104. The van der Waals surface area contributed by atoms with Crippen molar-refractivity contribution in [1.29, 1.82) is 0 Å². The number of piperazine rings is 1. The second-order valence-corrected chi connectivity index (χ2v) is 6.79. The van der Waals surface area contributed by atoms with Crippen molar-refractivity contribution < 1.29 is 4.39 Å². The quantitative estimate of drug-likeness (QED) is 0.805. The van der Waals surface area contributed by atoms with Crippen LogP contribution in [0, 0.1) is 5.92 Å².